The molecule has 114 valence electrons. The molecule has 2 rings (SSSR count). The van der Waals surface area contributed by atoms with Crippen molar-refractivity contribution in [1.29, 1.82) is 0 Å². The van der Waals surface area contributed by atoms with Crippen molar-refractivity contribution in [2.75, 3.05) is 6.54 Å². The minimum atomic E-state index is -3.43. The van der Waals surface area contributed by atoms with Crippen LogP contribution in [0, 0.1) is 0 Å². The monoisotopic (exact) mass is 302 g/mol. The Kier molecular flexibility index (Phi) is 3.41. The second kappa shape index (κ2) is 4.46. The molecular weight excluding hydrogens is 280 g/mol. The second-order valence-electron chi connectivity index (χ2n) is 6.67. The van der Waals surface area contributed by atoms with E-state index in [0.29, 0.717) is 19.4 Å². The van der Waals surface area contributed by atoms with Crippen LogP contribution in [0.15, 0.2) is 11.5 Å². The van der Waals surface area contributed by atoms with Gasteiger partial charge in [0.1, 0.15) is 0 Å². The van der Waals surface area contributed by atoms with E-state index in [9.17, 15) is 13.2 Å². The van der Waals surface area contributed by atoms with E-state index in [1.807, 2.05) is 27.7 Å². The van der Waals surface area contributed by atoms with Crippen LogP contribution >= 0.6 is 0 Å². The number of carbonyl (C=O) groups is 1. The van der Waals surface area contributed by atoms with Crippen LogP contribution in [0.2, 0.25) is 0 Å². The van der Waals surface area contributed by atoms with Gasteiger partial charge in [0.05, 0.1) is 5.54 Å². The summed E-state index contributed by atoms with van der Waals surface area (Å²) in [5.74, 6) is 0. The quantitative estimate of drug-likeness (QED) is 0.740. The maximum Gasteiger partial charge on any atom is 0.407 e. The van der Waals surface area contributed by atoms with Crippen LogP contribution < -0.4 is 0 Å². The van der Waals surface area contributed by atoms with Gasteiger partial charge in [0.2, 0.25) is 10.0 Å². The van der Waals surface area contributed by atoms with E-state index in [2.05, 4.69) is 0 Å². The molecule has 0 bridgehead atoms. The number of rotatable bonds is 0. The average Bonchev–Trinajstić information content (AvgIpc) is 2.48. The van der Waals surface area contributed by atoms with Gasteiger partial charge in [-0.05, 0) is 40.5 Å². The summed E-state index contributed by atoms with van der Waals surface area (Å²) in [4.78, 5) is 12.5. The molecule has 20 heavy (non-hydrogen) atoms. The molecule has 1 spiro atoms. The lowest BCUT2D eigenvalue weighted by atomic mass is 9.82. The van der Waals surface area contributed by atoms with Gasteiger partial charge in [0.15, 0.2) is 0 Å². The van der Waals surface area contributed by atoms with E-state index in [1.54, 1.807) is 10.4 Å². The van der Waals surface area contributed by atoms with Crippen molar-refractivity contribution in [3.05, 3.63) is 11.5 Å². The van der Waals surface area contributed by atoms with Crippen LogP contribution in [0.3, 0.4) is 0 Å². The van der Waals surface area contributed by atoms with Crippen molar-refractivity contribution in [3.8, 4) is 0 Å². The van der Waals surface area contributed by atoms with Gasteiger partial charge in [-0.25, -0.2) is 13.2 Å². The van der Waals surface area contributed by atoms with E-state index in [0.717, 1.165) is 0 Å². The number of amides is 1. The van der Waals surface area contributed by atoms with E-state index in [4.69, 9.17) is 5.11 Å². The first-order valence-corrected chi connectivity index (χ1v) is 8.24. The van der Waals surface area contributed by atoms with Gasteiger partial charge < -0.3 is 10.0 Å². The van der Waals surface area contributed by atoms with Gasteiger partial charge in [-0.15, -0.1) is 0 Å². The van der Waals surface area contributed by atoms with Crippen molar-refractivity contribution >= 4 is 16.1 Å². The van der Waals surface area contributed by atoms with E-state index >= 15 is 0 Å². The first-order chi connectivity index (χ1) is 9.00. The van der Waals surface area contributed by atoms with Crippen molar-refractivity contribution in [2.24, 2.45) is 0 Å². The number of carboxylic acid groups (broad SMARTS) is 1. The Labute approximate surface area is 120 Å². The third-order valence-corrected chi connectivity index (χ3v) is 5.93. The van der Waals surface area contributed by atoms with Crippen molar-refractivity contribution in [2.45, 2.75) is 57.7 Å². The van der Waals surface area contributed by atoms with Crippen molar-refractivity contribution < 1.29 is 18.3 Å². The molecule has 0 aromatic carbocycles. The van der Waals surface area contributed by atoms with E-state index < -0.39 is 27.2 Å². The zero-order valence-electron chi connectivity index (χ0n) is 12.3. The van der Waals surface area contributed by atoms with Crippen LogP contribution in [-0.4, -0.2) is 52.5 Å². The lowest BCUT2D eigenvalue weighted by Crippen LogP contribution is -2.61. The lowest BCUT2D eigenvalue weighted by molar-refractivity contribution is 0.0407. The smallest absolute Gasteiger partial charge is 0.407 e. The largest absolute Gasteiger partial charge is 0.465 e. The van der Waals surface area contributed by atoms with Crippen LogP contribution in [0.4, 0.5) is 4.79 Å². The Balaban J connectivity index is 2.37. The molecule has 0 aliphatic carbocycles. The summed E-state index contributed by atoms with van der Waals surface area (Å²) in [6.45, 7) is 7.78. The van der Waals surface area contributed by atoms with E-state index in [1.165, 1.54) is 10.3 Å². The first kappa shape index (κ1) is 15.3. The van der Waals surface area contributed by atoms with Gasteiger partial charge in [0, 0.05) is 23.5 Å². The molecule has 1 N–H and O–H groups in total. The molecule has 2 aliphatic heterocycles. The Hall–Kier alpha value is -1.08. The molecule has 0 aromatic heterocycles. The Morgan fingerprint density at radius 2 is 2.00 bits per heavy atom. The molecule has 2 heterocycles. The Morgan fingerprint density at radius 1 is 1.40 bits per heavy atom. The Bertz CT molecular complexity index is 549. The van der Waals surface area contributed by atoms with Gasteiger partial charge in [-0.1, -0.05) is 6.08 Å². The minimum Gasteiger partial charge on any atom is -0.465 e. The average molecular weight is 302 g/mol. The fourth-order valence-electron chi connectivity index (χ4n) is 3.52. The SMILES string of the molecule is C[C@H]1C[C@@]2(C=CS(=O)(=O)N2C(C)(C)C)CCN1C(=O)O. The topological polar surface area (TPSA) is 77.9 Å². The van der Waals surface area contributed by atoms with Gasteiger partial charge >= 0.3 is 6.09 Å². The number of hydrogen-bond acceptors (Lipinski definition) is 3. The summed E-state index contributed by atoms with van der Waals surface area (Å²) in [7, 11) is -3.43. The number of sulfonamides is 1. The van der Waals surface area contributed by atoms with Crippen molar-refractivity contribution in [1.82, 2.24) is 9.21 Å². The van der Waals surface area contributed by atoms with Crippen LogP contribution in [0.25, 0.3) is 0 Å². The van der Waals surface area contributed by atoms with Gasteiger partial charge in [-0.2, -0.15) is 4.31 Å². The van der Waals surface area contributed by atoms with Crippen LogP contribution in [0.5, 0.6) is 0 Å². The number of likely N-dealkylation sites (tertiary alicyclic amines) is 1. The summed E-state index contributed by atoms with van der Waals surface area (Å²) >= 11 is 0. The number of piperidine rings is 1. The summed E-state index contributed by atoms with van der Waals surface area (Å²) < 4.78 is 26.2. The molecule has 1 saturated heterocycles. The third kappa shape index (κ3) is 2.33. The molecule has 0 unspecified atom stereocenters. The third-order valence-electron chi connectivity index (χ3n) is 4.03. The second-order valence-corrected chi connectivity index (χ2v) is 8.33. The summed E-state index contributed by atoms with van der Waals surface area (Å²) in [5.41, 5.74) is -1.13. The molecule has 2 aliphatic rings. The molecule has 1 fully saturated rings. The molecular formula is C13H22N2O4S. The molecule has 7 heteroatoms. The minimum absolute atomic E-state index is 0.205. The van der Waals surface area contributed by atoms with Crippen LogP contribution in [-0.2, 0) is 10.0 Å². The highest BCUT2D eigenvalue weighted by atomic mass is 32.2. The molecule has 0 aromatic rings. The number of nitrogens with zero attached hydrogens (tertiary/aromatic N) is 2. The first-order valence-electron chi connectivity index (χ1n) is 6.74. The zero-order valence-corrected chi connectivity index (χ0v) is 13.1. The van der Waals surface area contributed by atoms with Crippen molar-refractivity contribution in [3.63, 3.8) is 0 Å². The predicted molar refractivity (Wildman–Crippen MR) is 75.8 cm³/mol. The van der Waals surface area contributed by atoms with E-state index in [-0.39, 0.29) is 6.04 Å². The van der Waals surface area contributed by atoms with Crippen LogP contribution in [0.1, 0.15) is 40.5 Å². The molecule has 6 nitrogen and oxygen atoms in total. The number of hydrogen-bond donors (Lipinski definition) is 1. The molecule has 2 atom stereocenters. The molecule has 0 saturated carbocycles. The highest BCUT2D eigenvalue weighted by molar-refractivity contribution is 7.92. The lowest BCUT2D eigenvalue weighted by Gasteiger charge is -2.49. The van der Waals surface area contributed by atoms with Gasteiger partial charge in [-0.3, -0.25) is 0 Å². The summed E-state index contributed by atoms with van der Waals surface area (Å²) in [5, 5.41) is 10.4. The van der Waals surface area contributed by atoms with Gasteiger partial charge in [0.25, 0.3) is 0 Å². The highest BCUT2D eigenvalue weighted by Crippen LogP contribution is 2.44. The Morgan fingerprint density at radius 3 is 2.45 bits per heavy atom. The fourth-order valence-corrected chi connectivity index (χ4v) is 5.57. The highest BCUT2D eigenvalue weighted by Gasteiger charge is 2.53. The zero-order chi connectivity index (χ0) is 15.3. The summed E-state index contributed by atoms with van der Waals surface area (Å²) in [6.07, 6.45) is 1.78. The maximum absolute atomic E-state index is 12.3. The standard InChI is InChI=1S/C13H22N2O4S/c1-10-9-13(5-7-14(10)11(16)17)6-8-20(18,19)15(13)12(2,3)4/h6,8,10H,5,7,9H2,1-4H3,(H,16,17)/t10-,13-/m0/s1. The fraction of sp³-hybridized carbons (Fsp3) is 0.769. The predicted octanol–water partition coefficient (Wildman–Crippen LogP) is 1.85. The molecule has 1 amide bonds. The maximum atomic E-state index is 12.3. The normalized spacial score (nSPS) is 33.8. The summed E-state index contributed by atoms with van der Waals surface area (Å²) in [6, 6.07) is -0.205. The molecule has 0 radical (unpaired) electrons.